The summed E-state index contributed by atoms with van der Waals surface area (Å²) in [5, 5.41) is 3.62. The maximum absolute atomic E-state index is 3.62. The minimum Gasteiger partial charge on any atom is -0.311 e. The van der Waals surface area contributed by atoms with Crippen molar-refractivity contribution in [3.8, 4) is 0 Å². The van der Waals surface area contributed by atoms with Gasteiger partial charge in [0.1, 0.15) is 0 Å². The summed E-state index contributed by atoms with van der Waals surface area (Å²) in [7, 11) is 0. The quantitative estimate of drug-likeness (QED) is 0.878. The number of benzene rings is 1. The molecule has 2 nitrogen and oxygen atoms in total. The molecule has 0 amide bonds. The van der Waals surface area contributed by atoms with Gasteiger partial charge in [-0.05, 0) is 24.8 Å². The van der Waals surface area contributed by atoms with Gasteiger partial charge in [-0.1, -0.05) is 50.6 Å². The molecule has 0 radical (unpaired) electrons. The van der Waals surface area contributed by atoms with Crippen molar-refractivity contribution >= 4 is 0 Å². The Bertz CT molecular complexity index is 402. The van der Waals surface area contributed by atoms with E-state index < -0.39 is 0 Å². The molecule has 2 rings (SSSR count). The van der Waals surface area contributed by atoms with Gasteiger partial charge in [0, 0.05) is 31.7 Å². The van der Waals surface area contributed by atoms with Gasteiger partial charge in [0.25, 0.3) is 0 Å². The maximum Gasteiger partial charge on any atom is 0.0273 e. The average molecular weight is 260 g/mol. The lowest BCUT2D eigenvalue weighted by atomic mass is 9.83. The first-order valence-electron chi connectivity index (χ1n) is 7.39. The molecular weight excluding hydrogens is 232 g/mol. The Hall–Kier alpha value is -0.860. The number of rotatable bonds is 2. The smallest absolute Gasteiger partial charge is 0.0273 e. The van der Waals surface area contributed by atoms with Crippen LogP contribution in [0.4, 0.5) is 0 Å². The molecule has 1 aromatic carbocycles. The summed E-state index contributed by atoms with van der Waals surface area (Å²) in [6, 6.07) is 10.2. The second-order valence-corrected chi connectivity index (χ2v) is 7.11. The van der Waals surface area contributed by atoms with Gasteiger partial charge in [0.2, 0.25) is 0 Å². The van der Waals surface area contributed by atoms with Gasteiger partial charge in [-0.3, -0.25) is 4.90 Å². The Kier molecular flexibility index (Phi) is 4.32. The molecule has 1 saturated heterocycles. The van der Waals surface area contributed by atoms with Gasteiger partial charge in [0.15, 0.2) is 0 Å². The fraction of sp³-hybridized carbons (Fsp3) is 0.647. The minimum absolute atomic E-state index is 0.317. The topological polar surface area (TPSA) is 15.3 Å². The molecule has 1 aromatic rings. The van der Waals surface area contributed by atoms with E-state index in [1.54, 1.807) is 0 Å². The van der Waals surface area contributed by atoms with E-state index in [0.29, 0.717) is 17.5 Å². The molecule has 1 N–H and O–H groups in total. The first kappa shape index (κ1) is 14.5. The molecule has 0 aromatic heterocycles. The summed E-state index contributed by atoms with van der Waals surface area (Å²) >= 11 is 0. The molecule has 0 spiro atoms. The molecule has 2 unspecified atom stereocenters. The summed E-state index contributed by atoms with van der Waals surface area (Å²) in [6.45, 7) is 14.8. The van der Waals surface area contributed by atoms with Crippen LogP contribution in [0, 0.1) is 12.3 Å². The Morgan fingerprint density at radius 2 is 1.84 bits per heavy atom. The molecule has 19 heavy (non-hydrogen) atoms. The van der Waals surface area contributed by atoms with Gasteiger partial charge >= 0.3 is 0 Å². The lowest BCUT2D eigenvalue weighted by Crippen LogP contribution is -2.59. The van der Waals surface area contributed by atoms with E-state index in [9.17, 15) is 0 Å². The molecule has 106 valence electrons. The number of aryl methyl sites for hydroxylation is 1. The fourth-order valence-electron chi connectivity index (χ4n) is 2.94. The molecule has 1 aliphatic heterocycles. The Morgan fingerprint density at radius 1 is 1.21 bits per heavy atom. The molecule has 2 atom stereocenters. The molecular formula is C17H28N2. The van der Waals surface area contributed by atoms with Crippen LogP contribution in [0.15, 0.2) is 24.3 Å². The predicted molar refractivity (Wildman–Crippen MR) is 82.3 cm³/mol. The first-order chi connectivity index (χ1) is 8.86. The highest BCUT2D eigenvalue weighted by molar-refractivity contribution is 5.21. The maximum atomic E-state index is 3.62. The monoisotopic (exact) mass is 260 g/mol. The zero-order valence-corrected chi connectivity index (χ0v) is 13.0. The molecule has 1 fully saturated rings. The molecule has 1 heterocycles. The summed E-state index contributed by atoms with van der Waals surface area (Å²) in [5.74, 6) is 0. The van der Waals surface area contributed by atoms with Gasteiger partial charge in [-0.25, -0.2) is 0 Å². The summed E-state index contributed by atoms with van der Waals surface area (Å²) in [5.41, 5.74) is 3.08. The standard InChI is InChI=1S/C17H28N2/c1-13-6-8-15(9-7-13)12-19-11-14(2)18-10-16(19)17(3,4)5/h6-9,14,16,18H,10-12H2,1-5H3. The van der Waals surface area contributed by atoms with Crippen LogP contribution in [0.25, 0.3) is 0 Å². The van der Waals surface area contributed by atoms with E-state index in [-0.39, 0.29) is 0 Å². The van der Waals surface area contributed by atoms with Crippen molar-refractivity contribution in [2.75, 3.05) is 13.1 Å². The van der Waals surface area contributed by atoms with E-state index in [4.69, 9.17) is 0 Å². The largest absolute Gasteiger partial charge is 0.311 e. The van der Waals surface area contributed by atoms with E-state index in [1.807, 2.05) is 0 Å². The van der Waals surface area contributed by atoms with Crippen molar-refractivity contribution in [3.05, 3.63) is 35.4 Å². The first-order valence-corrected chi connectivity index (χ1v) is 7.39. The summed E-state index contributed by atoms with van der Waals surface area (Å²) in [4.78, 5) is 2.64. The van der Waals surface area contributed by atoms with Crippen LogP contribution >= 0.6 is 0 Å². The number of nitrogens with zero attached hydrogens (tertiary/aromatic N) is 1. The Labute approximate surface area is 118 Å². The Morgan fingerprint density at radius 3 is 2.42 bits per heavy atom. The van der Waals surface area contributed by atoms with Crippen LogP contribution in [-0.2, 0) is 6.54 Å². The average Bonchev–Trinajstić information content (AvgIpc) is 2.30. The van der Waals surface area contributed by atoms with Crippen LogP contribution in [0.1, 0.15) is 38.8 Å². The van der Waals surface area contributed by atoms with Crippen molar-refractivity contribution in [2.24, 2.45) is 5.41 Å². The summed E-state index contributed by atoms with van der Waals surface area (Å²) < 4.78 is 0. The highest BCUT2D eigenvalue weighted by atomic mass is 15.2. The number of nitrogens with one attached hydrogen (secondary N) is 1. The highest BCUT2D eigenvalue weighted by Crippen LogP contribution is 2.27. The zero-order valence-electron chi connectivity index (χ0n) is 13.0. The Balaban J connectivity index is 2.12. The van der Waals surface area contributed by atoms with Crippen molar-refractivity contribution in [2.45, 2.75) is 53.2 Å². The van der Waals surface area contributed by atoms with Crippen molar-refractivity contribution in [3.63, 3.8) is 0 Å². The molecule has 0 bridgehead atoms. The lowest BCUT2D eigenvalue weighted by Gasteiger charge is -2.46. The predicted octanol–water partition coefficient (Wildman–Crippen LogP) is 3.20. The highest BCUT2D eigenvalue weighted by Gasteiger charge is 2.34. The third-order valence-corrected chi connectivity index (χ3v) is 4.11. The minimum atomic E-state index is 0.317. The summed E-state index contributed by atoms with van der Waals surface area (Å²) in [6.07, 6.45) is 0. The molecule has 0 aliphatic carbocycles. The number of hydrogen-bond donors (Lipinski definition) is 1. The van der Waals surface area contributed by atoms with E-state index >= 15 is 0 Å². The molecule has 2 heteroatoms. The van der Waals surface area contributed by atoms with Crippen LogP contribution in [0.5, 0.6) is 0 Å². The molecule has 1 aliphatic rings. The lowest BCUT2D eigenvalue weighted by molar-refractivity contribution is 0.0526. The van der Waals surface area contributed by atoms with Crippen LogP contribution < -0.4 is 5.32 Å². The number of piperazine rings is 1. The second-order valence-electron chi connectivity index (χ2n) is 7.11. The number of hydrogen-bond acceptors (Lipinski definition) is 2. The van der Waals surface area contributed by atoms with E-state index in [0.717, 1.165) is 19.6 Å². The molecule has 0 saturated carbocycles. The zero-order chi connectivity index (χ0) is 14.0. The van der Waals surface area contributed by atoms with Crippen LogP contribution in [0.2, 0.25) is 0 Å². The van der Waals surface area contributed by atoms with Crippen LogP contribution in [-0.4, -0.2) is 30.1 Å². The second kappa shape index (κ2) is 5.64. The van der Waals surface area contributed by atoms with Crippen molar-refractivity contribution < 1.29 is 0 Å². The normalized spacial score (nSPS) is 25.5. The fourth-order valence-corrected chi connectivity index (χ4v) is 2.94. The third kappa shape index (κ3) is 3.80. The van der Waals surface area contributed by atoms with Gasteiger partial charge in [-0.2, -0.15) is 0 Å². The van der Waals surface area contributed by atoms with E-state index in [1.165, 1.54) is 11.1 Å². The van der Waals surface area contributed by atoms with Gasteiger partial charge in [0.05, 0.1) is 0 Å². The van der Waals surface area contributed by atoms with Gasteiger partial charge < -0.3 is 5.32 Å². The van der Waals surface area contributed by atoms with Crippen molar-refractivity contribution in [1.29, 1.82) is 0 Å². The van der Waals surface area contributed by atoms with Crippen LogP contribution in [0.3, 0.4) is 0 Å². The van der Waals surface area contributed by atoms with Crippen molar-refractivity contribution in [1.82, 2.24) is 10.2 Å². The van der Waals surface area contributed by atoms with E-state index in [2.05, 4.69) is 69.1 Å². The SMILES string of the molecule is Cc1ccc(CN2CC(C)NCC2C(C)(C)C)cc1. The third-order valence-electron chi connectivity index (χ3n) is 4.11. The van der Waals surface area contributed by atoms with Gasteiger partial charge in [-0.15, -0.1) is 0 Å².